The summed E-state index contributed by atoms with van der Waals surface area (Å²) in [6.45, 7) is 0. The maximum Gasteiger partial charge on any atom is 0.284 e. The van der Waals surface area contributed by atoms with Crippen molar-refractivity contribution >= 4 is 27.2 Å². The highest BCUT2D eigenvalue weighted by Crippen LogP contribution is 2.42. The second-order valence-corrected chi connectivity index (χ2v) is 5.44. The van der Waals surface area contributed by atoms with E-state index in [2.05, 4.69) is 0 Å². The van der Waals surface area contributed by atoms with Gasteiger partial charge >= 0.3 is 0 Å². The van der Waals surface area contributed by atoms with Gasteiger partial charge in [-0.25, -0.2) is 0 Å². The van der Waals surface area contributed by atoms with Gasteiger partial charge in [0.05, 0.1) is 15.7 Å². The van der Waals surface area contributed by atoms with Crippen LogP contribution < -0.4 is 0 Å². The molecule has 0 aliphatic carbocycles. The molecule has 0 bridgehead atoms. The van der Waals surface area contributed by atoms with Crippen LogP contribution in [0.4, 0.5) is 5.69 Å². The largest absolute Gasteiger partial charge is 0.284 e. The van der Waals surface area contributed by atoms with Gasteiger partial charge in [0.15, 0.2) is 0 Å². The molecule has 0 saturated carbocycles. The fraction of sp³-hybridized carbons (Fsp3) is 0. The van der Waals surface area contributed by atoms with Gasteiger partial charge in [-0.1, -0.05) is 66.7 Å². The molecular weight excluding hydrogens is 286 g/mol. The summed E-state index contributed by atoms with van der Waals surface area (Å²) >= 11 is 0. The molecule has 0 radical (unpaired) electrons. The summed E-state index contributed by atoms with van der Waals surface area (Å²) in [5.41, 5.74) is 2.29. The first-order chi connectivity index (χ1) is 11.3. The highest BCUT2D eigenvalue weighted by molar-refractivity contribution is 6.18. The molecule has 3 heteroatoms. The Balaban J connectivity index is 2.30. The van der Waals surface area contributed by atoms with E-state index in [9.17, 15) is 10.1 Å². The van der Waals surface area contributed by atoms with Crippen LogP contribution in [0.5, 0.6) is 0 Å². The summed E-state index contributed by atoms with van der Waals surface area (Å²) < 4.78 is 0. The van der Waals surface area contributed by atoms with Gasteiger partial charge in [0.2, 0.25) is 0 Å². The number of benzene rings is 4. The third-order valence-electron chi connectivity index (χ3n) is 4.15. The summed E-state index contributed by atoms with van der Waals surface area (Å²) in [5, 5.41) is 14.8. The standard InChI is InChI=1S/C20H13NO2/c22-21(23)20-17-12-6-4-10-15(17)19(14-8-2-1-3-9-14)16-11-5-7-13-18(16)20/h1-13H. The predicted molar refractivity (Wildman–Crippen MR) is 93.5 cm³/mol. The molecule has 0 spiro atoms. The third kappa shape index (κ3) is 2.06. The van der Waals surface area contributed by atoms with Gasteiger partial charge in [-0.2, -0.15) is 0 Å². The van der Waals surface area contributed by atoms with Crippen LogP contribution in [0.1, 0.15) is 0 Å². The predicted octanol–water partition coefficient (Wildman–Crippen LogP) is 5.57. The van der Waals surface area contributed by atoms with Crippen molar-refractivity contribution in [2.24, 2.45) is 0 Å². The van der Waals surface area contributed by atoms with E-state index < -0.39 is 0 Å². The Morgan fingerprint density at radius 3 is 1.52 bits per heavy atom. The molecule has 0 atom stereocenters. The van der Waals surface area contributed by atoms with E-state index in [-0.39, 0.29) is 10.6 Å². The summed E-state index contributed by atoms with van der Waals surface area (Å²) in [6.07, 6.45) is 0. The minimum Gasteiger partial charge on any atom is -0.258 e. The van der Waals surface area contributed by atoms with Crippen molar-refractivity contribution in [1.29, 1.82) is 0 Å². The molecule has 0 aliphatic rings. The lowest BCUT2D eigenvalue weighted by Crippen LogP contribution is -1.94. The Bertz CT molecular complexity index is 982. The topological polar surface area (TPSA) is 43.1 Å². The van der Waals surface area contributed by atoms with Crippen LogP contribution in [0.3, 0.4) is 0 Å². The van der Waals surface area contributed by atoms with Crippen molar-refractivity contribution in [1.82, 2.24) is 0 Å². The Hall–Kier alpha value is -3.20. The summed E-state index contributed by atoms with van der Waals surface area (Å²) in [4.78, 5) is 11.4. The van der Waals surface area contributed by atoms with E-state index in [0.29, 0.717) is 10.8 Å². The molecule has 110 valence electrons. The second-order valence-electron chi connectivity index (χ2n) is 5.44. The Morgan fingerprint density at radius 1 is 0.609 bits per heavy atom. The lowest BCUT2D eigenvalue weighted by molar-refractivity contribution is -0.381. The molecule has 0 N–H and O–H groups in total. The van der Waals surface area contributed by atoms with Crippen LogP contribution in [0.15, 0.2) is 78.9 Å². The van der Waals surface area contributed by atoms with E-state index in [4.69, 9.17) is 0 Å². The van der Waals surface area contributed by atoms with Gasteiger partial charge in [-0.3, -0.25) is 10.1 Å². The van der Waals surface area contributed by atoms with Gasteiger partial charge in [-0.05, 0) is 34.0 Å². The second kappa shape index (κ2) is 5.21. The SMILES string of the molecule is O=[N+]([O-])c1c2ccccc2c(-c2ccccc2)c2ccccc12. The maximum atomic E-state index is 11.7. The van der Waals surface area contributed by atoms with Crippen molar-refractivity contribution in [3.8, 4) is 11.1 Å². The summed E-state index contributed by atoms with van der Waals surface area (Å²) in [7, 11) is 0. The Kier molecular flexibility index (Phi) is 3.05. The highest BCUT2D eigenvalue weighted by atomic mass is 16.6. The van der Waals surface area contributed by atoms with E-state index in [1.807, 2.05) is 78.9 Å². The maximum absolute atomic E-state index is 11.7. The number of hydrogen-bond donors (Lipinski definition) is 0. The van der Waals surface area contributed by atoms with Crippen LogP contribution in [-0.2, 0) is 0 Å². The van der Waals surface area contributed by atoms with Gasteiger partial charge in [0.1, 0.15) is 0 Å². The first kappa shape index (κ1) is 13.5. The van der Waals surface area contributed by atoms with E-state index >= 15 is 0 Å². The number of nitro groups is 1. The zero-order chi connectivity index (χ0) is 15.8. The minimum atomic E-state index is -0.278. The molecular formula is C20H13NO2. The zero-order valence-corrected chi connectivity index (χ0v) is 12.3. The van der Waals surface area contributed by atoms with E-state index in [1.165, 1.54) is 0 Å². The van der Waals surface area contributed by atoms with Gasteiger partial charge in [0.25, 0.3) is 5.69 Å². The first-order valence-corrected chi connectivity index (χ1v) is 7.40. The van der Waals surface area contributed by atoms with Crippen LogP contribution in [-0.4, -0.2) is 4.92 Å². The van der Waals surface area contributed by atoms with Crippen LogP contribution in [0.25, 0.3) is 32.7 Å². The van der Waals surface area contributed by atoms with Gasteiger partial charge < -0.3 is 0 Å². The number of non-ortho nitro benzene ring substituents is 1. The monoisotopic (exact) mass is 299 g/mol. The smallest absolute Gasteiger partial charge is 0.258 e. The molecule has 0 amide bonds. The average Bonchev–Trinajstić information content (AvgIpc) is 2.59. The summed E-state index contributed by atoms with van der Waals surface area (Å²) in [5.74, 6) is 0. The molecule has 23 heavy (non-hydrogen) atoms. The Labute approximate surface area is 133 Å². The van der Waals surface area contributed by atoms with Gasteiger partial charge in [-0.15, -0.1) is 0 Å². The van der Waals surface area contributed by atoms with Gasteiger partial charge in [0, 0.05) is 0 Å². The highest BCUT2D eigenvalue weighted by Gasteiger charge is 2.21. The molecule has 0 unspecified atom stereocenters. The number of fused-ring (bicyclic) bond motifs is 2. The lowest BCUT2D eigenvalue weighted by Gasteiger charge is -2.12. The van der Waals surface area contributed by atoms with Crippen molar-refractivity contribution in [2.45, 2.75) is 0 Å². The van der Waals surface area contributed by atoms with E-state index in [1.54, 1.807) is 0 Å². The van der Waals surface area contributed by atoms with Crippen LogP contribution in [0.2, 0.25) is 0 Å². The number of nitrogens with zero attached hydrogens (tertiary/aromatic N) is 1. The van der Waals surface area contributed by atoms with Crippen molar-refractivity contribution in [2.75, 3.05) is 0 Å². The minimum absolute atomic E-state index is 0.177. The average molecular weight is 299 g/mol. The number of nitro benzene ring substituents is 1. The van der Waals surface area contributed by atoms with Crippen LogP contribution in [0, 0.1) is 10.1 Å². The quantitative estimate of drug-likeness (QED) is 0.276. The van der Waals surface area contributed by atoms with Crippen molar-refractivity contribution in [3.05, 3.63) is 89.0 Å². The lowest BCUT2D eigenvalue weighted by atomic mass is 9.91. The van der Waals surface area contributed by atoms with Crippen molar-refractivity contribution < 1.29 is 4.92 Å². The number of hydrogen-bond acceptors (Lipinski definition) is 2. The van der Waals surface area contributed by atoms with Crippen LogP contribution >= 0.6 is 0 Å². The Morgan fingerprint density at radius 2 is 1.04 bits per heavy atom. The fourth-order valence-corrected chi connectivity index (χ4v) is 3.22. The zero-order valence-electron chi connectivity index (χ0n) is 12.3. The summed E-state index contributed by atoms with van der Waals surface area (Å²) in [6, 6.07) is 25.1. The molecule has 0 saturated heterocycles. The molecule has 4 aromatic rings. The molecule has 4 rings (SSSR count). The molecule has 0 aromatic heterocycles. The van der Waals surface area contributed by atoms with E-state index in [0.717, 1.165) is 21.9 Å². The molecule has 0 heterocycles. The fourth-order valence-electron chi connectivity index (χ4n) is 3.22. The van der Waals surface area contributed by atoms with Crippen molar-refractivity contribution in [3.63, 3.8) is 0 Å². The molecule has 0 fully saturated rings. The molecule has 4 aromatic carbocycles. The third-order valence-corrected chi connectivity index (χ3v) is 4.15. The number of rotatable bonds is 2. The molecule has 3 nitrogen and oxygen atoms in total. The first-order valence-electron chi connectivity index (χ1n) is 7.40. The molecule has 0 aliphatic heterocycles. The normalized spacial score (nSPS) is 11.0.